The van der Waals surface area contributed by atoms with Crippen LogP contribution in [0.25, 0.3) is 0 Å². The molecule has 0 saturated carbocycles. The molecular formula is C16H16ClN3O. The van der Waals surface area contributed by atoms with E-state index in [1.165, 1.54) is 0 Å². The lowest BCUT2D eigenvalue weighted by molar-refractivity contribution is -0.115. The van der Waals surface area contributed by atoms with Crippen molar-refractivity contribution in [1.82, 2.24) is 0 Å². The minimum Gasteiger partial charge on any atom is -0.324 e. The van der Waals surface area contributed by atoms with Crippen LogP contribution >= 0.6 is 11.6 Å². The highest BCUT2D eigenvalue weighted by atomic mass is 35.5. The summed E-state index contributed by atoms with van der Waals surface area (Å²) in [4.78, 5) is 11.9. The van der Waals surface area contributed by atoms with Gasteiger partial charge in [-0.25, -0.2) is 0 Å². The number of hydrazone groups is 1. The third-order valence-electron chi connectivity index (χ3n) is 2.71. The van der Waals surface area contributed by atoms with E-state index < -0.39 is 0 Å². The Morgan fingerprint density at radius 3 is 2.48 bits per heavy atom. The van der Waals surface area contributed by atoms with E-state index in [2.05, 4.69) is 15.8 Å². The molecule has 0 radical (unpaired) electrons. The standard InChI is InChI=1S/C16H16ClN3O/c1-12(19-20-13-7-3-2-4-8-13)11-16(21)18-15-10-6-5-9-14(15)17/h2-10,20H,11H2,1H3,(H,18,21). The Labute approximate surface area is 128 Å². The van der Waals surface area contributed by atoms with Crippen molar-refractivity contribution < 1.29 is 4.79 Å². The molecule has 4 nitrogen and oxygen atoms in total. The van der Waals surface area contributed by atoms with Crippen molar-refractivity contribution in [2.45, 2.75) is 13.3 Å². The molecule has 0 saturated heterocycles. The minimum absolute atomic E-state index is 0.154. The Morgan fingerprint density at radius 2 is 1.76 bits per heavy atom. The van der Waals surface area contributed by atoms with Crippen LogP contribution in [-0.2, 0) is 4.79 Å². The summed E-state index contributed by atoms with van der Waals surface area (Å²) in [6.07, 6.45) is 0.199. The fourth-order valence-electron chi connectivity index (χ4n) is 1.70. The fourth-order valence-corrected chi connectivity index (χ4v) is 1.88. The molecule has 21 heavy (non-hydrogen) atoms. The molecule has 5 heteroatoms. The van der Waals surface area contributed by atoms with Gasteiger partial charge >= 0.3 is 0 Å². The first-order chi connectivity index (χ1) is 10.1. The van der Waals surface area contributed by atoms with E-state index in [0.29, 0.717) is 16.4 Å². The van der Waals surface area contributed by atoms with Gasteiger partial charge in [0, 0.05) is 5.71 Å². The number of nitrogens with zero attached hydrogens (tertiary/aromatic N) is 1. The number of amides is 1. The second-order valence-electron chi connectivity index (χ2n) is 4.53. The first kappa shape index (κ1) is 15.1. The Hall–Kier alpha value is -2.33. The number of para-hydroxylation sites is 2. The van der Waals surface area contributed by atoms with Crippen LogP contribution in [-0.4, -0.2) is 11.6 Å². The van der Waals surface area contributed by atoms with E-state index in [9.17, 15) is 4.79 Å². The van der Waals surface area contributed by atoms with Gasteiger partial charge in [0.2, 0.25) is 5.91 Å². The van der Waals surface area contributed by atoms with E-state index in [1.807, 2.05) is 42.5 Å². The predicted molar refractivity (Wildman–Crippen MR) is 87.9 cm³/mol. The maximum atomic E-state index is 11.9. The number of anilines is 2. The van der Waals surface area contributed by atoms with Gasteiger partial charge in [-0.3, -0.25) is 10.2 Å². The third kappa shape index (κ3) is 4.93. The second-order valence-corrected chi connectivity index (χ2v) is 4.94. The summed E-state index contributed by atoms with van der Waals surface area (Å²) < 4.78 is 0. The van der Waals surface area contributed by atoms with Gasteiger partial charge in [-0.1, -0.05) is 41.9 Å². The molecule has 0 aromatic heterocycles. The smallest absolute Gasteiger partial charge is 0.230 e. The van der Waals surface area contributed by atoms with Crippen molar-refractivity contribution in [1.29, 1.82) is 0 Å². The Balaban J connectivity index is 1.89. The topological polar surface area (TPSA) is 53.5 Å². The summed E-state index contributed by atoms with van der Waals surface area (Å²) in [5.74, 6) is -0.154. The summed E-state index contributed by atoms with van der Waals surface area (Å²) in [5, 5.41) is 7.45. The fraction of sp³-hybridized carbons (Fsp3) is 0.125. The molecule has 0 aliphatic carbocycles. The molecule has 0 atom stereocenters. The van der Waals surface area contributed by atoms with Crippen LogP contribution in [0.2, 0.25) is 5.02 Å². The number of hydrogen-bond donors (Lipinski definition) is 2. The average Bonchev–Trinajstić information content (AvgIpc) is 2.48. The summed E-state index contributed by atoms with van der Waals surface area (Å²) in [6, 6.07) is 16.7. The van der Waals surface area contributed by atoms with Crippen molar-refractivity contribution in [2.24, 2.45) is 5.10 Å². The number of benzene rings is 2. The second kappa shape index (κ2) is 7.45. The van der Waals surface area contributed by atoms with Gasteiger partial charge in [0.05, 0.1) is 22.8 Å². The van der Waals surface area contributed by atoms with Crippen molar-refractivity contribution in [3.8, 4) is 0 Å². The van der Waals surface area contributed by atoms with Gasteiger partial charge in [0.25, 0.3) is 0 Å². The first-order valence-corrected chi connectivity index (χ1v) is 6.91. The maximum Gasteiger partial charge on any atom is 0.230 e. The number of carbonyl (C=O) groups excluding carboxylic acids is 1. The number of nitrogens with one attached hydrogen (secondary N) is 2. The summed E-state index contributed by atoms with van der Waals surface area (Å²) >= 11 is 5.99. The van der Waals surface area contributed by atoms with Crippen molar-refractivity contribution in [3.63, 3.8) is 0 Å². The SMILES string of the molecule is CC(CC(=O)Nc1ccccc1Cl)=NNc1ccccc1. The molecule has 108 valence electrons. The predicted octanol–water partition coefficient (Wildman–Crippen LogP) is 4.16. The molecule has 2 N–H and O–H groups in total. The lowest BCUT2D eigenvalue weighted by Crippen LogP contribution is -2.15. The highest BCUT2D eigenvalue weighted by Gasteiger charge is 2.06. The first-order valence-electron chi connectivity index (χ1n) is 6.54. The van der Waals surface area contributed by atoms with Gasteiger partial charge in [0.1, 0.15) is 0 Å². The van der Waals surface area contributed by atoms with Crippen LogP contribution in [0.1, 0.15) is 13.3 Å². The number of carbonyl (C=O) groups is 1. The monoisotopic (exact) mass is 301 g/mol. The minimum atomic E-state index is -0.154. The third-order valence-corrected chi connectivity index (χ3v) is 3.04. The zero-order valence-electron chi connectivity index (χ0n) is 11.6. The van der Waals surface area contributed by atoms with Gasteiger partial charge in [-0.05, 0) is 31.2 Å². The van der Waals surface area contributed by atoms with E-state index >= 15 is 0 Å². The molecule has 0 aliphatic rings. The van der Waals surface area contributed by atoms with Crippen LogP contribution < -0.4 is 10.7 Å². The van der Waals surface area contributed by atoms with Crippen LogP contribution in [0, 0.1) is 0 Å². The number of rotatable bonds is 5. The quantitative estimate of drug-likeness (QED) is 0.643. The molecule has 0 heterocycles. The zero-order valence-corrected chi connectivity index (χ0v) is 12.4. The largest absolute Gasteiger partial charge is 0.324 e. The van der Waals surface area contributed by atoms with Crippen LogP contribution in [0.4, 0.5) is 11.4 Å². The molecule has 2 aromatic rings. The Kier molecular flexibility index (Phi) is 5.35. The molecule has 2 aromatic carbocycles. The lowest BCUT2D eigenvalue weighted by Gasteiger charge is -2.07. The summed E-state index contributed by atoms with van der Waals surface area (Å²) in [7, 11) is 0. The van der Waals surface area contributed by atoms with Gasteiger partial charge in [0.15, 0.2) is 0 Å². The average molecular weight is 302 g/mol. The molecule has 1 amide bonds. The Bertz CT molecular complexity index is 641. The molecule has 2 rings (SSSR count). The van der Waals surface area contributed by atoms with Crippen LogP contribution in [0.5, 0.6) is 0 Å². The van der Waals surface area contributed by atoms with Crippen LogP contribution in [0.3, 0.4) is 0 Å². The molecule has 0 spiro atoms. The van der Waals surface area contributed by atoms with Crippen molar-refractivity contribution in [2.75, 3.05) is 10.7 Å². The molecule has 0 fully saturated rings. The molecule has 0 aliphatic heterocycles. The van der Waals surface area contributed by atoms with Gasteiger partial charge < -0.3 is 5.32 Å². The summed E-state index contributed by atoms with van der Waals surface area (Å²) in [5.41, 5.74) is 5.07. The van der Waals surface area contributed by atoms with Crippen molar-refractivity contribution in [3.05, 3.63) is 59.6 Å². The van der Waals surface area contributed by atoms with Gasteiger partial charge in [-0.2, -0.15) is 5.10 Å². The zero-order chi connectivity index (χ0) is 15.1. The maximum absolute atomic E-state index is 11.9. The molecule has 0 unspecified atom stereocenters. The Morgan fingerprint density at radius 1 is 1.10 bits per heavy atom. The van der Waals surface area contributed by atoms with E-state index in [4.69, 9.17) is 11.6 Å². The normalized spacial score (nSPS) is 11.0. The van der Waals surface area contributed by atoms with E-state index in [-0.39, 0.29) is 12.3 Å². The molecular weight excluding hydrogens is 286 g/mol. The van der Waals surface area contributed by atoms with E-state index in [1.54, 1.807) is 19.1 Å². The van der Waals surface area contributed by atoms with E-state index in [0.717, 1.165) is 5.69 Å². The lowest BCUT2D eigenvalue weighted by atomic mass is 10.2. The van der Waals surface area contributed by atoms with Gasteiger partial charge in [-0.15, -0.1) is 0 Å². The summed E-state index contributed by atoms with van der Waals surface area (Å²) in [6.45, 7) is 1.79. The number of halogens is 1. The number of hydrogen-bond acceptors (Lipinski definition) is 3. The highest BCUT2D eigenvalue weighted by molar-refractivity contribution is 6.33. The van der Waals surface area contributed by atoms with Crippen molar-refractivity contribution >= 4 is 34.6 Å². The highest BCUT2D eigenvalue weighted by Crippen LogP contribution is 2.20. The van der Waals surface area contributed by atoms with Crippen LogP contribution in [0.15, 0.2) is 59.7 Å². The molecule has 0 bridgehead atoms.